The Morgan fingerprint density at radius 2 is 2.15 bits per heavy atom. The van der Waals surface area contributed by atoms with E-state index in [0.29, 0.717) is 35.5 Å². The minimum absolute atomic E-state index is 0.169. The van der Waals surface area contributed by atoms with Crippen molar-refractivity contribution in [1.82, 2.24) is 4.98 Å². The van der Waals surface area contributed by atoms with Crippen LogP contribution in [0.25, 0.3) is 11.1 Å². The molecule has 0 aliphatic heterocycles. The molecule has 0 spiro atoms. The Morgan fingerprint density at radius 3 is 2.90 bits per heavy atom. The van der Waals surface area contributed by atoms with Crippen LogP contribution in [0.3, 0.4) is 0 Å². The van der Waals surface area contributed by atoms with Crippen molar-refractivity contribution in [3.63, 3.8) is 0 Å². The fourth-order valence-corrected chi connectivity index (χ4v) is 4.62. The zero-order valence-electron chi connectivity index (χ0n) is 11.4. The van der Waals surface area contributed by atoms with Crippen LogP contribution < -0.4 is 5.73 Å². The lowest BCUT2D eigenvalue weighted by Gasteiger charge is -2.25. The lowest BCUT2D eigenvalue weighted by atomic mass is 9.91. The van der Waals surface area contributed by atoms with Crippen molar-refractivity contribution >= 4 is 26.6 Å². The predicted octanol–water partition coefficient (Wildman–Crippen LogP) is 2.76. The van der Waals surface area contributed by atoms with E-state index in [0.717, 1.165) is 12.8 Å². The lowest BCUT2D eigenvalue weighted by molar-refractivity contribution is 0.372. The van der Waals surface area contributed by atoms with Gasteiger partial charge in [0.2, 0.25) is 9.84 Å². The van der Waals surface area contributed by atoms with Gasteiger partial charge in [0, 0.05) is 11.8 Å². The second-order valence-electron chi connectivity index (χ2n) is 5.65. The molecule has 1 aromatic heterocycles. The van der Waals surface area contributed by atoms with Crippen LogP contribution >= 0.6 is 0 Å². The molecule has 0 radical (unpaired) electrons. The van der Waals surface area contributed by atoms with Crippen LogP contribution in [-0.2, 0) is 9.84 Å². The Balaban J connectivity index is 2.00. The van der Waals surface area contributed by atoms with E-state index in [1.807, 2.05) is 0 Å². The van der Waals surface area contributed by atoms with Gasteiger partial charge in [-0.15, -0.1) is 0 Å². The maximum atomic E-state index is 12.6. The highest BCUT2D eigenvalue weighted by Crippen LogP contribution is 2.32. The molecule has 6 heteroatoms. The second kappa shape index (κ2) is 4.77. The number of benzene rings is 1. The summed E-state index contributed by atoms with van der Waals surface area (Å²) in [7, 11) is -3.49. The quantitative estimate of drug-likeness (QED) is 0.861. The number of anilines is 1. The first-order valence-corrected chi connectivity index (χ1v) is 8.41. The first kappa shape index (κ1) is 13.4. The number of nitrogens with zero attached hydrogens (tertiary/aromatic N) is 1. The van der Waals surface area contributed by atoms with Gasteiger partial charge in [-0.1, -0.05) is 19.8 Å². The monoisotopic (exact) mass is 294 g/mol. The number of hydrogen-bond acceptors (Lipinski definition) is 5. The highest BCUT2D eigenvalue weighted by molar-refractivity contribution is 7.91. The summed E-state index contributed by atoms with van der Waals surface area (Å²) in [6.45, 7) is 2.09. The van der Waals surface area contributed by atoms with Crippen molar-refractivity contribution in [2.45, 2.75) is 43.1 Å². The Bertz CT molecular complexity index is 736. The average molecular weight is 294 g/mol. The maximum absolute atomic E-state index is 12.6. The molecule has 3 rings (SSSR count). The van der Waals surface area contributed by atoms with Crippen molar-refractivity contribution in [1.29, 1.82) is 0 Å². The fourth-order valence-electron chi connectivity index (χ4n) is 2.84. The first-order valence-electron chi connectivity index (χ1n) is 6.87. The molecule has 20 heavy (non-hydrogen) atoms. The van der Waals surface area contributed by atoms with Crippen molar-refractivity contribution in [3.05, 3.63) is 18.2 Å². The molecule has 1 aliphatic carbocycles. The van der Waals surface area contributed by atoms with E-state index in [-0.39, 0.29) is 10.5 Å². The molecule has 1 fully saturated rings. The van der Waals surface area contributed by atoms with Crippen LogP contribution in [0.15, 0.2) is 27.8 Å². The van der Waals surface area contributed by atoms with Gasteiger partial charge < -0.3 is 10.2 Å². The molecule has 2 aromatic rings. The molecule has 1 aliphatic rings. The van der Waals surface area contributed by atoms with E-state index in [1.165, 1.54) is 0 Å². The second-order valence-corrected chi connectivity index (χ2v) is 7.75. The molecule has 1 heterocycles. The van der Waals surface area contributed by atoms with Gasteiger partial charge in [0.05, 0.1) is 5.25 Å². The van der Waals surface area contributed by atoms with Crippen LogP contribution in [0.2, 0.25) is 0 Å². The molecular weight excluding hydrogens is 276 g/mol. The number of fused-ring (bicyclic) bond motifs is 1. The lowest BCUT2D eigenvalue weighted by Crippen LogP contribution is -2.27. The van der Waals surface area contributed by atoms with Crippen LogP contribution in [0, 0.1) is 5.92 Å². The third-order valence-corrected chi connectivity index (χ3v) is 5.93. The van der Waals surface area contributed by atoms with E-state index < -0.39 is 9.84 Å². The van der Waals surface area contributed by atoms with Crippen molar-refractivity contribution < 1.29 is 12.8 Å². The van der Waals surface area contributed by atoms with E-state index in [1.54, 1.807) is 18.2 Å². The van der Waals surface area contributed by atoms with E-state index >= 15 is 0 Å². The number of aromatic nitrogens is 1. The zero-order valence-corrected chi connectivity index (χ0v) is 12.2. The number of nitrogen functional groups attached to an aromatic ring is 1. The van der Waals surface area contributed by atoms with Crippen LogP contribution in [0.4, 0.5) is 5.69 Å². The van der Waals surface area contributed by atoms with Gasteiger partial charge >= 0.3 is 5.22 Å². The topological polar surface area (TPSA) is 86.2 Å². The largest absolute Gasteiger partial charge is 0.428 e. The van der Waals surface area contributed by atoms with Crippen molar-refractivity contribution in [2.75, 3.05) is 5.73 Å². The minimum atomic E-state index is -3.49. The summed E-state index contributed by atoms with van der Waals surface area (Å²) in [5.41, 5.74) is 7.15. The summed E-state index contributed by atoms with van der Waals surface area (Å²) < 4.78 is 30.6. The van der Waals surface area contributed by atoms with Gasteiger partial charge in [-0.2, -0.15) is 4.98 Å². The summed E-state index contributed by atoms with van der Waals surface area (Å²) in [4.78, 5) is 4.12. The van der Waals surface area contributed by atoms with E-state index in [9.17, 15) is 8.42 Å². The van der Waals surface area contributed by atoms with Gasteiger partial charge in [0.25, 0.3) is 0 Å². The zero-order chi connectivity index (χ0) is 14.3. The molecular formula is C14H18N2O3S. The van der Waals surface area contributed by atoms with E-state index in [4.69, 9.17) is 10.2 Å². The standard InChI is InChI=1S/C14H18N2O3S/c1-9-3-2-4-11(7-9)20(17,18)14-16-12-6-5-10(15)8-13(12)19-14/h5-6,8-9,11H,2-4,7,15H2,1H3. The Morgan fingerprint density at radius 1 is 1.35 bits per heavy atom. The molecule has 1 aromatic carbocycles. The molecule has 0 amide bonds. The minimum Gasteiger partial charge on any atom is -0.428 e. The van der Waals surface area contributed by atoms with E-state index in [2.05, 4.69) is 11.9 Å². The summed E-state index contributed by atoms with van der Waals surface area (Å²) in [6.07, 6.45) is 3.41. The smallest absolute Gasteiger partial charge is 0.316 e. The molecule has 5 nitrogen and oxygen atoms in total. The summed E-state index contributed by atoms with van der Waals surface area (Å²) in [6, 6.07) is 4.96. The molecule has 2 unspecified atom stereocenters. The van der Waals surface area contributed by atoms with Gasteiger partial charge in [-0.05, 0) is 30.9 Å². The summed E-state index contributed by atoms with van der Waals surface area (Å²) in [5, 5.41) is -0.547. The third kappa shape index (κ3) is 2.28. The number of sulfone groups is 1. The number of hydrogen-bond donors (Lipinski definition) is 1. The Labute approximate surface area is 118 Å². The third-order valence-electron chi connectivity index (χ3n) is 3.96. The molecule has 2 atom stereocenters. The SMILES string of the molecule is CC1CCCC(S(=O)(=O)c2nc3ccc(N)cc3o2)C1. The average Bonchev–Trinajstić information content (AvgIpc) is 2.82. The molecule has 0 bridgehead atoms. The number of oxazole rings is 1. The Kier molecular flexibility index (Phi) is 3.20. The Hall–Kier alpha value is -1.56. The van der Waals surface area contributed by atoms with Crippen molar-refractivity contribution in [3.8, 4) is 0 Å². The van der Waals surface area contributed by atoms with Gasteiger partial charge in [0.1, 0.15) is 5.52 Å². The van der Waals surface area contributed by atoms with Crippen LogP contribution in [0.5, 0.6) is 0 Å². The van der Waals surface area contributed by atoms with Gasteiger partial charge in [-0.25, -0.2) is 8.42 Å². The number of nitrogens with two attached hydrogens (primary N) is 1. The highest BCUT2D eigenvalue weighted by Gasteiger charge is 2.35. The van der Waals surface area contributed by atoms with Crippen LogP contribution in [-0.4, -0.2) is 18.7 Å². The summed E-state index contributed by atoms with van der Waals surface area (Å²) in [5.74, 6) is 0.434. The molecule has 1 saturated carbocycles. The summed E-state index contributed by atoms with van der Waals surface area (Å²) >= 11 is 0. The first-order chi connectivity index (χ1) is 9.46. The number of rotatable bonds is 2. The molecule has 2 N–H and O–H groups in total. The maximum Gasteiger partial charge on any atom is 0.316 e. The molecule has 108 valence electrons. The van der Waals surface area contributed by atoms with Gasteiger partial charge in [0.15, 0.2) is 5.58 Å². The predicted molar refractivity (Wildman–Crippen MR) is 77.0 cm³/mol. The van der Waals surface area contributed by atoms with Crippen molar-refractivity contribution in [2.24, 2.45) is 5.92 Å². The van der Waals surface area contributed by atoms with Gasteiger partial charge in [-0.3, -0.25) is 0 Å². The highest BCUT2D eigenvalue weighted by atomic mass is 32.2. The normalized spacial score (nSPS) is 24.1. The molecule has 0 saturated heterocycles. The fraction of sp³-hybridized carbons (Fsp3) is 0.500. The van der Waals surface area contributed by atoms with Crippen LogP contribution in [0.1, 0.15) is 32.6 Å².